The predicted molar refractivity (Wildman–Crippen MR) is 85.8 cm³/mol. The molecule has 0 saturated carbocycles. The monoisotopic (exact) mass is 311 g/mol. The Morgan fingerprint density at radius 1 is 1.33 bits per heavy atom. The highest BCUT2D eigenvalue weighted by atomic mass is 32.2. The van der Waals surface area contributed by atoms with Gasteiger partial charge in [-0.3, -0.25) is 0 Å². The van der Waals surface area contributed by atoms with E-state index in [-0.39, 0.29) is 6.04 Å². The van der Waals surface area contributed by atoms with Crippen molar-refractivity contribution < 1.29 is 8.42 Å². The Hall–Kier alpha value is -1.11. The molecule has 118 valence electrons. The number of anilines is 1. The molecule has 0 spiro atoms. The first-order valence-corrected chi connectivity index (χ1v) is 8.71. The number of aryl methyl sites for hydroxylation is 1. The number of sulfonamides is 1. The van der Waals surface area contributed by atoms with E-state index in [1.807, 2.05) is 38.9 Å². The van der Waals surface area contributed by atoms with Gasteiger partial charge in [0.2, 0.25) is 10.0 Å². The Morgan fingerprint density at radius 3 is 2.62 bits per heavy atom. The van der Waals surface area contributed by atoms with Crippen LogP contribution in [0.5, 0.6) is 0 Å². The zero-order chi connectivity index (χ0) is 15.8. The van der Waals surface area contributed by atoms with Gasteiger partial charge in [-0.25, -0.2) is 8.42 Å². The molecule has 2 N–H and O–H groups in total. The molecule has 1 saturated heterocycles. The van der Waals surface area contributed by atoms with Crippen LogP contribution in [0.4, 0.5) is 5.69 Å². The maximum Gasteiger partial charge on any atom is 0.243 e. The lowest BCUT2D eigenvalue weighted by Gasteiger charge is -2.27. The van der Waals surface area contributed by atoms with Gasteiger partial charge in [0.05, 0.1) is 4.90 Å². The van der Waals surface area contributed by atoms with Crippen LogP contribution < -0.4 is 5.73 Å². The highest BCUT2D eigenvalue weighted by Gasteiger charge is 2.36. The molecule has 2 rings (SSSR count). The fraction of sp³-hybridized carbons (Fsp3) is 0.600. The second kappa shape index (κ2) is 5.94. The van der Waals surface area contributed by atoms with Gasteiger partial charge >= 0.3 is 0 Å². The van der Waals surface area contributed by atoms with Crippen molar-refractivity contribution in [2.24, 2.45) is 0 Å². The van der Waals surface area contributed by atoms with Gasteiger partial charge in [-0.2, -0.15) is 4.31 Å². The zero-order valence-corrected chi connectivity index (χ0v) is 14.1. The van der Waals surface area contributed by atoms with Gasteiger partial charge in [0.25, 0.3) is 0 Å². The number of benzene rings is 1. The third-order valence-electron chi connectivity index (χ3n) is 4.13. The molecule has 5 nitrogen and oxygen atoms in total. The zero-order valence-electron chi connectivity index (χ0n) is 13.3. The summed E-state index contributed by atoms with van der Waals surface area (Å²) in [6.45, 7) is 5.08. The van der Waals surface area contributed by atoms with Crippen LogP contribution in [0, 0.1) is 13.8 Å². The van der Waals surface area contributed by atoms with E-state index in [1.165, 1.54) is 0 Å². The van der Waals surface area contributed by atoms with Crippen LogP contribution in [-0.4, -0.2) is 50.8 Å². The summed E-state index contributed by atoms with van der Waals surface area (Å²) in [4.78, 5) is 2.39. The molecule has 1 aromatic carbocycles. The minimum Gasteiger partial charge on any atom is -0.399 e. The molecule has 0 radical (unpaired) electrons. The fourth-order valence-corrected chi connectivity index (χ4v) is 5.00. The molecule has 1 aliphatic rings. The van der Waals surface area contributed by atoms with Crippen molar-refractivity contribution in [2.45, 2.75) is 37.6 Å². The minimum atomic E-state index is -3.48. The topological polar surface area (TPSA) is 66.6 Å². The van der Waals surface area contributed by atoms with Gasteiger partial charge in [0, 0.05) is 24.8 Å². The molecule has 21 heavy (non-hydrogen) atoms. The Morgan fingerprint density at radius 2 is 2.00 bits per heavy atom. The fourth-order valence-electron chi connectivity index (χ4n) is 2.98. The standard InChI is InChI=1S/C15H25N3O2S/c1-11-8-13(16)9-15(12(11)2)21(19,20)18-7-5-6-14(18)10-17(3)4/h8-9,14H,5-7,10,16H2,1-4H3. The Bertz CT molecular complexity index is 626. The van der Waals surface area contributed by atoms with Gasteiger partial charge in [-0.15, -0.1) is 0 Å². The highest BCUT2D eigenvalue weighted by molar-refractivity contribution is 7.89. The molecular formula is C15H25N3O2S. The summed E-state index contributed by atoms with van der Waals surface area (Å²) in [5, 5.41) is 0. The van der Waals surface area contributed by atoms with Crippen molar-refractivity contribution >= 4 is 15.7 Å². The lowest BCUT2D eigenvalue weighted by atomic mass is 10.1. The predicted octanol–water partition coefficient (Wildman–Crippen LogP) is 1.60. The van der Waals surface area contributed by atoms with Crippen molar-refractivity contribution in [3.05, 3.63) is 23.3 Å². The molecule has 1 fully saturated rings. The van der Waals surface area contributed by atoms with E-state index >= 15 is 0 Å². The van der Waals surface area contributed by atoms with Gasteiger partial charge in [-0.1, -0.05) is 0 Å². The average Bonchev–Trinajstić information content (AvgIpc) is 2.81. The Labute approximate surface area is 127 Å². The molecule has 0 bridgehead atoms. The van der Waals surface area contributed by atoms with Gasteiger partial charge in [-0.05, 0) is 64.0 Å². The molecular weight excluding hydrogens is 286 g/mol. The molecule has 1 atom stereocenters. The van der Waals surface area contributed by atoms with Gasteiger partial charge in [0.15, 0.2) is 0 Å². The summed E-state index contributed by atoms with van der Waals surface area (Å²) in [5.74, 6) is 0. The minimum absolute atomic E-state index is 0.0473. The van der Waals surface area contributed by atoms with E-state index in [1.54, 1.807) is 10.4 Å². The first-order valence-electron chi connectivity index (χ1n) is 7.26. The summed E-state index contributed by atoms with van der Waals surface area (Å²) in [5.41, 5.74) is 8.05. The van der Waals surface area contributed by atoms with Crippen LogP contribution in [0.3, 0.4) is 0 Å². The molecule has 0 amide bonds. The number of nitrogen functional groups attached to an aromatic ring is 1. The third-order valence-corrected chi connectivity index (χ3v) is 6.21. The summed E-state index contributed by atoms with van der Waals surface area (Å²) in [6, 6.07) is 3.45. The van der Waals surface area contributed by atoms with E-state index in [2.05, 4.69) is 0 Å². The molecule has 6 heteroatoms. The van der Waals surface area contributed by atoms with Crippen molar-refractivity contribution in [1.82, 2.24) is 9.21 Å². The summed E-state index contributed by atoms with van der Waals surface area (Å²) < 4.78 is 27.7. The van der Waals surface area contributed by atoms with Crippen molar-refractivity contribution in [3.8, 4) is 0 Å². The quantitative estimate of drug-likeness (QED) is 0.858. The van der Waals surface area contributed by atoms with Crippen molar-refractivity contribution in [2.75, 3.05) is 32.9 Å². The number of hydrogen-bond donors (Lipinski definition) is 1. The normalized spacial score (nSPS) is 20.3. The molecule has 0 aromatic heterocycles. The average molecular weight is 311 g/mol. The first-order chi connectivity index (χ1) is 9.73. The van der Waals surface area contributed by atoms with E-state index < -0.39 is 10.0 Å². The van der Waals surface area contributed by atoms with Crippen molar-refractivity contribution in [1.29, 1.82) is 0 Å². The van der Waals surface area contributed by atoms with E-state index in [0.717, 1.165) is 30.5 Å². The maximum atomic E-state index is 13.0. The second-order valence-corrected chi connectivity index (χ2v) is 7.99. The van der Waals surface area contributed by atoms with Crippen LogP contribution in [0.1, 0.15) is 24.0 Å². The van der Waals surface area contributed by atoms with Crippen LogP contribution in [0.2, 0.25) is 0 Å². The van der Waals surface area contributed by atoms with Crippen molar-refractivity contribution in [3.63, 3.8) is 0 Å². The lowest BCUT2D eigenvalue weighted by Crippen LogP contribution is -2.41. The van der Waals surface area contributed by atoms with Crippen LogP contribution in [0.15, 0.2) is 17.0 Å². The number of nitrogens with two attached hydrogens (primary N) is 1. The van der Waals surface area contributed by atoms with E-state index in [0.29, 0.717) is 17.1 Å². The second-order valence-electron chi connectivity index (χ2n) is 6.13. The highest BCUT2D eigenvalue weighted by Crippen LogP contribution is 2.30. The summed E-state index contributed by atoms with van der Waals surface area (Å²) in [7, 11) is 0.460. The van der Waals surface area contributed by atoms with Gasteiger partial charge < -0.3 is 10.6 Å². The first kappa shape index (κ1) is 16.3. The molecule has 1 heterocycles. The molecule has 1 unspecified atom stereocenters. The van der Waals surface area contributed by atoms with Crippen LogP contribution in [0.25, 0.3) is 0 Å². The third kappa shape index (κ3) is 3.22. The number of nitrogens with zero attached hydrogens (tertiary/aromatic N) is 2. The summed E-state index contributed by atoms with van der Waals surface area (Å²) >= 11 is 0. The van der Waals surface area contributed by atoms with Gasteiger partial charge in [0.1, 0.15) is 0 Å². The van der Waals surface area contributed by atoms with E-state index in [4.69, 9.17) is 5.73 Å². The smallest absolute Gasteiger partial charge is 0.243 e. The van der Waals surface area contributed by atoms with Crippen LogP contribution >= 0.6 is 0 Å². The molecule has 1 aliphatic heterocycles. The number of rotatable bonds is 4. The molecule has 1 aromatic rings. The Kier molecular flexibility index (Phi) is 4.60. The SMILES string of the molecule is Cc1cc(N)cc(S(=O)(=O)N2CCCC2CN(C)C)c1C. The summed E-state index contributed by atoms with van der Waals surface area (Å²) in [6.07, 6.45) is 1.83. The Balaban J connectivity index is 2.42. The maximum absolute atomic E-state index is 13.0. The number of likely N-dealkylation sites (N-methyl/N-ethyl adjacent to an activating group) is 1. The lowest BCUT2D eigenvalue weighted by molar-refractivity contribution is 0.291. The molecule has 0 aliphatic carbocycles. The van der Waals surface area contributed by atoms with Crippen LogP contribution in [-0.2, 0) is 10.0 Å². The largest absolute Gasteiger partial charge is 0.399 e. The van der Waals surface area contributed by atoms with E-state index in [9.17, 15) is 8.42 Å². The number of hydrogen-bond acceptors (Lipinski definition) is 4.